The highest BCUT2D eigenvalue weighted by Crippen LogP contribution is 2.32. The van der Waals surface area contributed by atoms with Crippen LogP contribution >= 0.6 is 24.0 Å². The first-order valence-electron chi connectivity index (χ1n) is 7.79. The van der Waals surface area contributed by atoms with Crippen molar-refractivity contribution in [2.45, 2.75) is 26.2 Å². The highest BCUT2D eigenvalue weighted by Gasteiger charge is 2.32. The molecule has 1 aliphatic heterocycles. The molecule has 0 aromatic heterocycles. The molecule has 1 saturated heterocycles. The minimum atomic E-state index is -0.391. The molecule has 2 rings (SSSR count). The molecule has 0 unspecified atom stereocenters. The average Bonchev–Trinajstić information content (AvgIpc) is 2.82. The molecule has 0 atom stereocenters. The lowest BCUT2D eigenvalue weighted by atomic mass is 10.2. The highest BCUT2D eigenvalue weighted by atomic mass is 32.2. The van der Waals surface area contributed by atoms with Crippen molar-refractivity contribution in [1.29, 1.82) is 0 Å². The molecular formula is C17H19FN2O2S2. The van der Waals surface area contributed by atoms with E-state index in [0.717, 1.165) is 24.6 Å². The number of nitrogens with zero attached hydrogens (tertiary/aromatic N) is 1. The van der Waals surface area contributed by atoms with Gasteiger partial charge in [-0.2, -0.15) is 0 Å². The summed E-state index contributed by atoms with van der Waals surface area (Å²) in [6.45, 7) is 2.92. The van der Waals surface area contributed by atoms with Crippen LogP contribution in [-0.2, 0) is 9.59 Å². The smallest absolute Gasteiger partial charge is 0.266 e. The van der Waals surface area contributed by atoms with Gasteiger partial charge in [-0.15, -0.1) is 0 Å². The topological polar surface area (TPSA) is 49.4 Å². The molecule has 0 spiro atoms. The number of unbranched alkanes of at least 4 members (excludes halogenated alkanes) is 1. The maximum atomic E-state index is 13.7. The second kappa shape index (κ2) is 8.94. The molecule has 1 heterocycles. The number of thioether (sulfide) groups is 1. The van der Waals surface area contributed by atoms with Crippen LogP contribution in [0.4, 0.5) is 4.39 Å². The van der Waals surface area contributed by atoms with Crippen molar-refractivity contribution < 1.29 is 14.0 Å². The lowest BCUT2D eigenvalue weighted by molar-refractivity contribution is -0.123. The molecule has 1 aromatic carbocycles. The fourth-order valence-corrected chi connectivity index (χ4v) is 3.43. The number of amides is 2. The normalized spacial score (nSPS) is 16.1. The van der Waals surface area contributed by atoms with Crippen LogP contribution in [0.25, 0.3) is 6.08 Å². The lowest BCUT2D eigenvalue weighted by Gasteiger charge is -2.14. The highest BCUT2D eigenvalue weighted by molar-refractivity contribution is 8.26. The number of thiocarbonyl (C=S) groups is 1. The maximum absolute atomic E-state index is 13.7. The van der Waals surface area contributed by atoms with E-state index in [4.69, 9.17) is 12.2 Å². The van der Waals surface area contributed by atoms with Gasteiger partial charge >= 0.3 is 0 Å². The van der Waals surface area contributed by atoms with Crippen molar-refractivity contribution in [2.24, 2.45) is 0 Å². The lowest BCUT2D eigenvalue weighted by Crippen LogP contribution is -2.33. The second-order valence-electron chi connectivity index (χ2n) is 5.31. The number of nitrogens with one attached hydrogen (secondary N) is 1. The fourth-order valence-electron chi connectivity index (χ4n) is 2.13. The van der Waals surface area contributed by atoms with Crippen molar-refractivity contribution in [1.82, 2.24) is 10.2 Å². The largest absolute Gasteiger partial charge is 0.356 e. The Hall–Kier alpha value is -1.73. The van der Waals surface area contributed by atoms with Gasteiger partial charge in [0.25, 0.3) is 5.91 Å². The second-order valence-corrected chi connectivity index (χ2v) is 6.98. The van der Waals surface area contributed by atoms with Crippen LogP contribution in [0.3, 0.4) is 0 Å². The zero-order valence-corrected chi connectivity index (χ0v) is 15.0. The standard InChI is InChI=1S/C17H19FN2O2S2/c1-2-3-9-19-15(21)8-10-20-16(22)14(24-17(20)23)11-12-6-4-5-7-13(12)18/h4-7,11H,2-3,8-10H2,1H3,(H,19,21)/b14-11-. The molecular weight excluding hydrogens is 347 g/mol. The Labute approximate surface area is 150 Å². The minimum Gasteiger partial charge on any atom is -0.356 e. The summed E-state index contributed by atoms with van der Waals surface area (Å²) in [4.78, 5) is 25.9. The molecule has 7 heteroatoms. The summed E-state index contributed by atoms with van der Waals surface area (Å²) in [6, 6.07) is 6.24. The van der Waals surface area contributed by atoms with Crippen LogP contribution in [0.2, 0.25) is 0 Å². The summed E-state index contributed by atoms with van der Waals surface area (Å²) < 4.78 is 14.1. The van der Waals surface area contributed by atoms with Gasteiger partial charge in [-0.05, 0) is 18.6 Å². The van der Waals surface area contributed by atoms with E-state index in [0.29, 0.717) is 21.3 Å². The third-order valence-corrected chi connectivity index (χ3v) is 4.86. The summed E-state index contributed by atoms with van der Waals surface area (Å²) in [5, 5.41) is 2.80. The van der Waals surface area contributed by atoms with Crippen molar-refractivity contribution in [3.63, 3.8) is 0 Å². The predicted molar refractivity (Wildman–Crippen MR) is 98.8 cm³/mol. The van der Waals surface area contributed by atoms with Gasteiger partial charge < -0.3 is 5.32 Å². The monoisotopic (exact) mass is 366 g/mol. The Morgan fingerprint density at radius 3 is 2.88 bits per heavy atom. The third kappa shape index (κ3) is 4.88. The zero-order chi connectivity index (χ0) is 17.5. The van der Waals surface area contributed by atoms with E-state index in [-0.39, 0.29) is 24.8 Å². The molecule has 2 amide bonds. The van der Waals surface area contributed by atoms with Gasteiger partial charge in [0.05, 0.1) is 4.91 Å². The molecule has 0 bridgehead atoms. The summed E-state index contributed by atoms with van der Waals surface area (Å²) in [5.41, 5.74) is 0.343. The van der Waals surface area contributed by atoms with Gasteiger partial charge in [-0.3, -0.25) is 14.5 Å². The number of carbonyl (C=O) groups is 2. The number of rotatable bonds is 7. The first-order valence-corrected chi connectivity index (χ1v) is 9.02. The van der Waals surface area contributed by atoms with E-state index in [1.807, 2.05) is 6.92 Å². The quantitative estimate of drug-likeness (QED) is 0.457. The van der Waals surface area contributed by atoms with Gasteiger partial charge in [0.1, 0.15) is 10.1 Å². The molecule has 0 aliphatic carbocycles. The van der Waals surface area contributed by atoms with Crippen molar-refractivity contribution in [2.75, 3.05) is 13.1 Å². The van der Waals surface area contributed by atoms with E-state index in [2.05, 4.69) is 5.32 Å². The average molecular weight is 366 g/mol. The Balaban J connectivity index is 1.97. The van der Waals surface area contributed by atoms with Crippen LogP contribution in [0, 0.1) is 5.82 Å². The molecule has 0 radical (unpaired) electrons. The third-order valence-electron chi connectivity index (χ3n) is 3.48. The van der Waals surface area contributed by atoms with E-state index in [1.165, 1.54) is 17.0 Å². The zero-order valence-electron chi connectivity index (χ0n) is 13.4. The van der Waals surface area contributed by atoms with E-state index < -0.39 is 5.82 Å². The maximum Gasteiger partial charge on any atom is 0.266 e. The Morgan fingerprint density at radius 1 is 1.42 bits per heavy atom. The van der Waals surface area contributed by atoms with E-state index in [9.17, 15) is 14.0 Å². The molecule has 1 aromatic rings. The minimum absolute atomic E-state index is 0.101. The molecule has 1 fully saturated rings. The Kier molecular flexibility index (Phi) is 6.93. The molecule has 1 aliphatic rings. The Morgan fingerprint density at radius 2 is 2.17 bits per heavy atom. The van der Waals surface area contributed by atoms with Crippen LogP contribution in [0.5, 0.6) is 0 Å². The number of benzene rings is 1. The van der Waals surface area contributed by atoms with Crippen LogP contribution < -0.4 is 5.32 Å². The molecule has 4 nitrogen and oxygen atoms in total. The van der Waals surface area contributed by atoms with Crippen LogP contribution in [-0.4, -0.2) is 34.1 Å². The van der Waals surface area contributed by atoms with Gasteiger partial charge in [0, 0.05) is 25.1 Å². The van der Waals surface area contributed by atoms with Crippen molar-refractivity contribution in [3.05, 3.63) is 40.6 Å². The molecule has 24 heavy (non-hydrogen) atoms. The molecule has 0 saturated carbocycles. The first kappa shape index (κ1) is 18.6. The molecule has 128 valence electrons. The van der Waals surface area contributed by atoms with Gasteiger partial charge in [0.2, 0.25) is 5.91 Å². The summed E-state index contributed by atoms with van der Waals surface area (Å²) in [5.74, 6) is -0.775. The number of hydrogen-bond donors (Lipinski definition) is 1. The summed E-state index contributed by atoms with van der Waals surface area (Å²) in [7, 11) is 0. The van der Waals surface area contributed by atoms with Gasteiger partial charge in [-0.1, -0.05) is 55.5 Å². The van der Waals surface area contributed by atoms with Crippen molar-refractivity contribution >= 4 is 46.2 Å². The summed E-state index contributed by atoms with van der Waals surface area (Å²) >= 11 is 6.33. The molecule has 1 N–H and O–H groups in total. The van der Waals surface area contributed by atoms with Gasteiger partial charge in [-0.25, -0.2) is 4.39 Å². The van der Waals surface area contributed by atoms with E-state index >= 15 is 0 Å². The number of carbonyl (C=O) groups excluding carboxylic acids is 2. The predicted octanol–water partition coefficient (Wildman–Crippen LogP) is 3.33. The fraction of sp³-hybridized carbons (Fsp3) is 0.353. The summed E-state index contributed by atoms with van der Waals surface area (Å²) in [6.07, 6.45) is 3.63. The SMILES string of the molecule is CCCCNC(=O)CCN1C(=O)/C(=C/c2ccccc2F)SC1=S. The van der Waals surface area contributed by atoms with Gasteiger partial charge in [0.15, 0.2) is 0 Å². The van der Waals surface area contributed by atoms with Crippen molar-refractivity contribution in [3.8, 4) is 0 Å². The van der Waals surface area contributed by atoms with Crippen LogP contribution in [0.15, 0.2) is 29.2 Å². The Bertz CT molecular complexity index is 676. The van der Waals surface area contributed by atoms with Crippen LogP contribution in [0.1, 0.15) is 31.7 Å². The first-order chi connectivity index (χ1) is 11.5. The number of halogens is 1. The number of hydrogen-bond acceptors (Lipinski definition) is 4. The van der Waals surface area contributed by atoms with E-state index in [1.54, 1.807) is 18.2 Å².